The minimum absolute atomic E-state index is 0.0190. The zero-order chi connectivity index (χ0) is 20.9. The molecule has 0 aliphatic rings. The Morgan fingerprint density at radius 2 is 1.64 bits per heavy atom. The summed E-state index contributed by atoms with van der Waals surface area (Å²) in [6, 6.07) is 13.3. The fourth-order valence-electron chi connectivity index (χ4n) is 2.74. The third-order valence-corrected chi connectivity index (χ3v) is 4.48. The Morgan fingerprint density at radius 3 is 2.21 bits per heavy atom. The molecule has 0 saturated carbocycles. The predicted octanol–water partition coefficient (Wildman–Crippen LogP) is 4.26. The second-order valence-electron chi connectivity index (χ2n) is 8.31. The summed E-state index contributed by atoms with van der Waals surface area (Å²) in [6.45, 7) is 12.3. The maximum absolute atomic E-state index is 12.2. The van der Waals surface area contributed by atoms with Gasteiger partial charge < -0.3 is 4.74 Å². The number of hydrazine groups is 1. The first-order valence-electron chi connectivity index (χ1n) is 9.51. The molecule has 0 atom stereocenters. The number of ether oxygens (including phenoxy) is 1. The van der Waals surface area contributed by atoms with E-state index in [1.165, 1.54) is 0 Å². The van der Waals surface area contributed by atoms with E-state index < -0.39 is 5.91 Å². The van der Waals surface area contributed by atoms with Gasteiger partial charge in [0.05, 0.1) is 0 Å². The van der Waals surface area contributed by atoms with Crippen LogP contribution in [-0.4, -0.2) is 18.4 Å². The van der Waals surface area contributed by atoms with Gasteiger partial charge in [0.15, 0.2) is 6.61 Å². The lowest BCUT2D eigenvalue weighted by Gasteiger charge is -2.19. The minimum Gasteiger partial charge on any atom is -0.483 e. The zero-order valence-electron chi connectivity index (χ0n) is 17.6. The summed E-state index contributed by atoms with van der Waals surface area (Å²) in [7, 11) is 0. The number of hydrogen-bond acceptors (Lipinski definition) is 3. The van der Waals surface area contributed by atoms with E-state index in [2.05, 4.69) is 45.5 Å². The topological polar surface area (TPSA) is 67.4 Å². The van der Waals surface area contributed by atoms with Crippen LogP contribution in [0.25, 0.3) is 0 Å². The third-order valence-electron chi connectivity index (χ3n) is 4.48. The van der Waals surface area contributed by atoms with Crippen LogP contribution in [-0.2, 0) is 10.2 Å². The van der Waals surface area contributed by atoms with Gasteiger partial charge in [0.1, 0.15) is 5.75 Å². The standard InChI is InChI=1S/C23H30N2O3/c1-15(2)19-12-7-16(3)13-20(19)28-14-21(26)24-25-22(27)17-8-10-18(11-9-17)23(4,5)6/h7-13,15H,14H2,1-6H3,(H,24,26)(H,25,27). The molecule has 0 saturated heterocycles. The van der Waals surface area contributed by atoms with Gasteiger partial charge >= 0.3 is 0 Å². The molecule has 0 unspecified atom stereocenters. The number of nitrogens with one attached hydrogen (secondary N) is 2. The summed E-state index contributed by atoms with van der Waals surface area (Å²) < 4.78 is 5.67. The van der Waals surface area contributed by atoms with Crippen LogP contribution < -0.4 is 15.6 Å². The van der Waals surface area contributed by atoms with Crippen molar-refractivity contribution in [1.82, 2.24) is 10.9 Å². The van der Waals surface area contributed by atoms with Gasteiger partial charge in [-0.05, 0) is 53.1 Å². The first-order chi connectivity index (χ1) is 13.1. The second kappa shape index (κ2) is 8.91. The van der Waals surface area contributed by atoms with Crippen molar-refractivity contribution in [2.75, 3.05) is 6.61 Å². The van der Waals surface area contributed by atoms with Crippen LogP contribution in [0.5, 0.6) is 5.75 Å². The normalized spacial score (nSPS) is 11.2. The molecule has 0 aliphatic carbocycles. The molecule has 2 N–H and O–H groups in total. The van der Waals surface area contributed by atoms with Gasteiger partial charge in [-0.1, -0.05) is 58.9 Å². The molecule has 2 aromatic carbocycles. The summed E-state index contributed by atoms with van der Waals surface area (Å²) in [5, 5.41) is 0. The summed E-state index contributed by atoms with van der Waals surface area (Å²) in [6.07, 6.45) is 0. The molecule has 150 valence electrons. The minimum atomic E-state index is -0.420. The Kier molecular flexibility index (Phi) is 6.84. The van der Waals surface area contributed by atoms with Gasteiger partial charge in [-0.15, -0.1) is 0 Å². The smallest absolute Gasteiger partial charge is 0.276 e. The van der Waals surface area contributed by atoms with Crippen molar-refractivity contribution >= 4 is 11.8 Å². The molecule has 28 heavy (non-hydrogen) atoms. The lowest BCUT2D eigenvalue weighted by atomic mass is 9.87. The van der Waals surface area contributed by atoms with E-state index in [1.807, 2.05) is 37.3 Å². The highest BCUT2D eigenvalue weighted by Crippen LogP contribution is 2.27. The zero-order valence-corrected chi connectivity index (χ0v) is 17.6. The van der Waals surface area contributed by atoms with Crippen molar-refractivity contribution in [1.29, 1.82) is 0 Å². The number of benzene rings is 2. The lowest BCUT2D eigenvalue weighted by molar-refractivity contribution is -0.123. The summed E-state index contributed by atoms with van der Waals surface area (Å²) in [5.74, 6) is 0.187. The number of carbonyl (C=O) groups excluding carboxylic acids is 2. The Morgan fingerprint density at radius 1 is 1.00 bits per heavy atom. The van der Waals surface area contributed by atoms with Crippen molar-refractivity contribution < 1.29 is 14.3 Å². The third kappa shape index (κ3) is 5.84. The SMILES string of the molecule is Cc1ccc(C(C)C)c(OCC(=O)NNC(=O)c2ccc(C(C)(C)C)cc2)c1. The van der Waals surface area contributed by atoms with Gasteiger partial charge in [-0.2, -0.15) is 0 Å². The molecule has 0 bridgehead atoms. The first-order valence-corrected chi connectivity index (χ1v) is 9.51. The quantitative estimate of drug-likeness (QED) is 0.760. The fourth-order valence-corrected chi connectivity index (χ4v) is 2.74. The Balaban J connectivity index is 1.89. The van der Waals surface area contributed by atoms with Crippen LogP contribution in [0.1, 0.15) is 67.6 Å². The molecule has 0 radical (unpaired) electrons. The van der Waals surface area contributed by atoms with Crippen molar-refractivity contribution in [2.45, 2.75) is 52.9 Å². The molecular formula is C23H30N2O3. The molecule has 5 heteroatoms. The van der Waals surface area contributed by atoms with Gasteiger partial charge in [0.2, 0.25) is 0 Å². The molecule has 0 aromatic heterocycles. The monoisotopic (exact) mass is 382 g/mol. The number of hydrogen-bond donors (Lipinski definition) is 2. The summed E-state index contributed by atoms with van der Waals surface area (Å²) in [5.41, 5.74) is 8.56. The predicted molar refractivity (Wildman–Crippen MR) is 112 cm³/mol. The van der Waals surface area contributed by atoms with E-state index in [9.17, 15) is 9.59 Å². The number of rotatable bonds is 5. The number of carbonyl (C=O) groups is 2. The maximum atomic E-state index is 12.2. The van der Waals surface area contributed by atoms with Crippen molar-refractivity contribution in [3.63, 3.8) is 0 Å². The Labute approximate surface area is 167 Å². The van der Waals surface area contributed by atoms with E-state index in [4.69, 9.17) is 4.74 Å². The molecular weight excluding hydrogens is 352 g/mol. The molecule has 5 nitrogen and oxygen atoms in total. The second-order valence-corrected chi connectivity index (χ2v) is 8.31. The van der Waals surface area contributed by atoms with E-state index in [1.54, 1.807) is 12.1 Å². The first kappa shape index (κ1) is 21.5. The molecule has 0 aliphatic heterocycles. The maximum Gasteiger partial charge on any atom is 0.276 e. The number of amides is 2. The van der Waals surface area contributed by atoms with Crippen LogP contribution in [0.4, 0.5) is 0 Å². The van der Waals surface area contributed by atoms with Gasteiger partial charge in [-0.3, -0.25) is 20.4 Å². The van der Waals surface area contributed by atoms with Crippen LogP contribution >= 0.6 is 0 Å². The molecule has 0 spiro atoms. The van der Waals surface area contributed by atoms with Crippen LogP contribution in [0, 0.1) is 6.92 Å². The van der Waals surface area contributed by atoms with E-state index in [0.717, 1.165) is 16.7 Å². The molecule has 2 rings (SSSR count). The average Bonchev–Trinajstić information content (AvgIpc) is 2.63. The van der Waals surface area contributed by atoms with Crippen molar-refractivity contribution in [3.05, 3.63) is 64.7 Å². The van der Waals surface area contributed by atoms with Crippen LogP contribution in [0.3, 0.4) is 0 Å². The van der Waals surface area contributed by atoms with Gasteiger partial charge in [0.25, 0.3) is 11.8 Å². The summed E-state index contributed by atoms with van der Waals surface area (Å²) in [4.78, 5) is 24.3. The van der Waals surface area contributed by atoms with Crippen molar-refractivity contribution in [2.24, 2.45) is 0 Å². The van der Waals surface area contributed by atoms with Crippen LogP contribution in [0.2, 0.25) is 0 Å². The largest absolute Gasteiger partial charge is 0.483 e. The molecule has 0 fully saturated rings. The van der Waals surface area contributed by atoms with Crippen LogP contribution in [0.15, 0.2) is 42.5 Å². The van der Waals surface area contributed by atoms with Gasteiger partial charge in [0, 0.05) is 5.56 Å². The molecule has 2 aromatic rings. The van der Waals surface area contributed by atoms with E-state index in [0.29, 0.717) is 11.3 Å². The lowest BCUT2D eigenvalue weighted by Crippen LogP contribution is -2.43. The van der Waals surface area contributed by atoms with E-state index in [-0.39, 0.29) is 23.8 Å². The average molecular weight is 383 g/mol. The van der Waals surface area contributed by atoms with Gasteiger partial charge in [-0.25, -0.2) is 0 Å². The highest BCUT2D eigenvalue weighted by molar-refractivity contribution is 5.95. The van der Waals surface area contributed by atoms with E-state index >= 15 is 0 Å². The molecule has 0 heterocycles. The Hall–Kier alpha value is -2.82. The summed E-state index contributed by atoms with van der Waals surface area (Å²) >= 11 is 0. The van der Waals surface area contributed by atoms with Crippen molar-refractivity contribution in [3.8, 4) is 5.75 Å². The number of aryl methyl sites for hydroxylation is 1. The highest BCUT2D eigenvalue weighted by atomic mass is 16.5. The molecule has 2 amide bonds. The fraction of sp³-hybridized carbons (Fsp3) is 0.391. The highest BCUT2D eigenvalue weighted by Gasteiger charge is 2.15. The Bertz CT molecular complexity index is 834.